The van der Waals surface area contributed by atoms with Gasteiger partial charge < -0.3 is 19.7 Å². The molecule has 0 saturated heterocycles. The predicted octanol–water partition coefficient (Wildman–Crippen LogP) is 3.80. The smallest absolute Gasteiger partial charge is 0.257 e. The summed E-state index contributed by atoms with van der Waals surface area (Å²) in [6.45, 7) is 1.93. The van der Waals surface area contributed by atoms with E-state index in [-0.39, 0.29) is 5.91 Å². The number of aromatic nitrogens is 1. The van der Waals surface area contributed by atoms with Crippen LogP contribution in [0.25, 0.3) is 0 Å². The molecule has 3 aromatic rings. The van der Waals surface area contributed by atoms with E-state index in [1.807, 2.05) is 12.1 Å². The number of amides is 1. The van der Waals surface area contributed by atoms with E-state index in [1.165, 1.54) is 11.3 Å². The van der Waals surface area contributed by atoms with E-state index in [9.17, 15) is 4.79 Å². The molecule has 0 fully saturated rings. The number of pyridine rings is 1. The van der Waals surface area contributed by atoms with Gasteiger partial charge in [0.25, 0.3) is 5.91 Å². The molecule has 0 aliphatic carbocycles. The summed E-state index contributed by atoms with van der Waals surface area (Å²) in [4.78, 5) is 19.2. The van der Waals surface area contributed by atoms with E-state index in [4.69, 9.17) is 9.47 Å². The summed E-state index contributed by atoms with van der Waals surface area (Å²) in [5.74, 6) is 1.13. The number of hydrogen-bond acceptors (Lipinski definition) is 5. The third-order valence-corrected chi connectivity index (χ3v) is 4.98. The van der Waals surface area contributed by atoms with Crippen LogP contribution in [0, 0.1) is 0 Å². The molecule has 0 saturated carbocycles. The van der Waals surface area contributed by atoms with Crippen molar-refractivity contribution in [2.75, 3.05) is 30.0 Å². The largest absolute Gasteiger partial charge is 0.486 e. The number of carbonyl (C=O) groups is 1. The summed E-state index contributed by atoms with van der Waals surface area (Å²) < 4.78 is 11.1. The molecule has 0 unspecified atom stereocenters. The Kier molecular flexibility index (Phi) is 4.09. The Hall–Kier alpha value is -3.54. The standard InChI is InChI=1S/C22H19N3O3/c26-22(24-17-5-6-20-21(12-17)28-10-9-27-20)16-11-18(14-23-13-16)25-8-7-15-3-1-2-4-19(15)25/h1-6,11-14H,7-10H2,(H,24,26). The molecule has 6 heteroatoms. The first-order valence-electron chi connectivity index (χ1n) is 9.29. The van der Waals surface area contributed by atoms with Crippen molar-refractivity contribution in [1.82, 2.24) is 4.98 Å². The van der Waals surface area contributed by atoms with Gasteiger partial charge in [-0.2, -0.15) is 0 Å². The van der Waals surface area contributed by atoms with Crippen molar-refractivity contribution in [2.24, 2.45) is 0 Å². The predicted molar refractivity (Wildman–Crippen MR) is 107 cm³/mol. The second kappa shape index (κ2) is 6.88. The Bertz CT molecular complexity index is 1050. The lowest BCUT2D eigenvalue weighted by Gasteiger charge is -2.20. The molecule has 0 radical (unpaired) electrons. The summed E-state index contributed by atoms with van der Waals surface area (Å²) in [5.41, 5.74) is 4.57. The van der Waals surface area contributed by atoms with Gasteiger partial charge in [-0.15, -0.1) is 0 Å². The number of ether oxygens (including phenoxy) is 2. The molecule has 3 heterocycles. The van der Waals surface area contributed by atoms with Crippen LogP contribution in [0.4, 0.5) is 17.1 Å². The highest BCUT2D eigenvalue weighted by Gasteiger charge is 2.21. The highest BCUT2D eigenvalue weighted by atomic mass is 16.6. The van der Waals surface area contributed by atoms with Gasteiger partial charge in [-0.25, -0.2) is 0 Å². The maximum atomic E-state index is 12.8. The molecule has 5 rings (SSSR count). The Morgan fingerprint density at radius 3 is 2.79 bits per heavy atom. The maximum Gasteiger partial charge on any atom is 0.257 e. The Balaban J connectivity index is 1.37. The van der Waals surface area contributed by atoms with Gasteiger partial charge in [0.2, 0.25) is 0 Å². The fourth-order valence-electron chi connectivity index (χ4n) is 3.63. The highest BCUT2D eigenvalue weighted by molar-refractivity contribution is 6.04. The zero-order chi connectivity index (χ0) is 18.9. The van der Waals surface area contributed by atoms with Crippen molar-refractivity contribution in [2.45, 2.75) is 6.42 Å². The number of para-hydroxylation sites is 1. The monoisotopic (exact) mass is 373 g/mol. The van der Waals surface area contributed by atoms with Crippen LogP contribution in [0.2, 0.25) is 0 Å². The average molecular weight is 373 g/mol. The zero-order valence-corrected chi connectivity index (χ0v) is 15.2. The van der Waals surface area contributed by atoms with Gasteiger partial charge in [-0.3, -0.25) is 9.78 Å². The molecule has 2 aliphatic heterocycles. The lowest BCUT2D eigenvalue weighted by Crippen LogP contribution is -2.17. The number of nitrogens with zero attached hydrogens (tertiary/aromatic N) is 2. The molecule has 2 aliphatic rings. The van der Waals surface area contributed by atoms with Crippen molar-refractivity contribution in [3.8, 4) is 11.5 Å². The van der Waals surface area contributed by atoms with Gasteiger partial charge in [0.1, 0.15) is 13.2 Å². The van der Waals surface area contributed by atoms with E-state index in [0.29, 0.717) is 36.0 Å². The number of anilines is 3. The summed E-state index contributed by atoms with van der Waals surface area (Å²) in [7, 11) is 0. The minimum atomic E-state index is -0.210. The number of hydrogen-bond donors (Lipinski definition) is 1. The second-order valence-electron chi connectivity index (χ2n) is 6.77. The Labute approximate surface area is 162 Å². The lowest BCUT2D eigenvalue weighted by molar-refractivity contribution is 0.102. The van der Waals surface area contributed by atoms with Crippen LogP contribution in [-0.2, 0) is 6.42 Å². The minimum Gasteiger partial charge on any atom is -0.486 e. The molecule has 0 bridgehead atoms. The molecule has 1 amide bonds. The van der Waals surface area contributed by atoms with Crippen molar-refractivity contribution < 1.29 is 14.3 Å². The molecule has 0 atom stereocenters. The van der Waals surface area contributed by atoms with Crippen LogP contribution in [0.15, 0.2) is 60.9 Å². The summed E-state index contributed by atoms with van der Waals surface area (Å²) in [6.07, 6.45) is 4.37. The molecule has 140 valence electrons. The first kappa shape index (κ1) is 16.6. The van der Waals surface area contributed by atoms with E-state index in [2.05, 4.69) is 33.4 Å². The average Bonchev–Trinajstić information content (AvgIpc) is 3.18. The van der Waals surface area contributed by atoms with E-state index < -0.39 is 0 Å². The quantitative estimate of drug-likeness (QED) is 0.757. The van der Waals surface area contributed by atoms with Crippen LogP contribution in [0.3, 0.4) is 0 Å². The fraction of sp³-hybridized carbons (Fsp3) is 0.182. The summed E-state index contributed by atoms with van der Waals surface area (Å²) in [6, 6.07) is 15.6. The first-order valence-corrected chi connectivity index (χ1v) is 9.29. The highest BCUT2D eigenvalue weighted by Crippen LogP contribution is 2.35. The molecular weight excluding hydrogens is 354 g/mol. The Morgan fingerprint density at radius 2 is 1.86 bits per heavy atom. The third kappa shape index (κ3) is 3.03. The number of rotatable bonds is 3. The van der Waals surface area contributed by atoms with Crippen LogP contribution in [0.5, 0.6) is 11.5 Å². The maximum absolute atomic E-state index is 12.8. The molecule has 1 aromatic heterocycles. The van der Waals surface area contributed by atoms with E-state index in [1.54, 1.807) is 30.6 Å². The third-order valence-electron chi connectivity index (χ3n) is 4.98. The van der Waals surface area contributed by atoms with Gasteiger partial charge in [0, 0.05) is 30.2 Å². The molecular formula is C22H19N3O3. The summed E-state index contributed by atoms with van der Waals surface area (Å²) in [5, 5.41) is 2.91. The second-order valence-corrected chi connectivity index (χ2v) is 6.77. The van der Waals surface area contributed by atoms with Gasteiger partial charge in [0.05, 0.1) is 17.4 Å². The molecule has 28 heavy (non-hydrogen) atoms. The van der Waals surface area contributed by atoms with Crippen LogP contribution >= 0.6 is 0 Å². The van der Waals surface area contributed by atoms with Crippen LogP contribution in [0.1, 0.15) is 15.9 Å². The fourth-order valence-corrected chi connectivity index (χ4v) is 3.63. The van der Waals surface area contributed by atoms with Crippen LogP contribution in [-0.4, -0.2) is 30.6 Å². The molecule has 1 N–H and O–H groups in total. The number of benzene rings is 2. The number of carbonyl (C=O) groups excluding carboxylic acids is 1. The van der Waals surface area contributed by atoms with Crippen molar-refractivity contribution >= 4 is 23.0 Å². The zero-order valence-electron chi connectivity index (χ0n) is 15.2. The van der Waals surface area contributed by atoms with Gasteiger partial charge in [-0.05, 0) is 36.2 Å². The normalized spacial score (nSPS) is 14.5. The van der Waals surface area contributed by atoms with Crippen molar-refractivity contribution in [1.29, 1.82) is 0 Å². The topological polar surface area (TPSA) is 63.7 Å². The molecule has 0 spiro atoms. The number of nitrogens with one attached hydrogen (secondary N) is 1. The lowest BCUT2D eigenvalue weighted by atomic mass is 10.2. The molecule has 6 nitrogen and oxygen atoms in total. The number of fused-ring (bicyclic) bond motifs is 2. The van der Waals surface area contributed by atoms with Crippen molar-refractivity contribution in [3.05, 3.63) is 72.1 Å². The minimum absolute atomic E-state index is 0.210. The summed E-state index contributed by atoms with van der Waals surface area (Å²) >= 11 is 0. The Morgan fingerprint density at radius 1 is 1.00 bits per heavy atom. The van der Waals surface area contributed by atoms with Crippen molar-refractivity contribution in [3.63, 3.8) is 0 Å². The van der Waals surface area contributed by atoms with Gasteiger partial charge in [0.15, 0.2) is 11.5 Å². The van der Waals surface area contributed by atoms with Crippen LogP contribution < -0.4 is 19.7 Å². The SMILES string of the molecule is O=C(Nc1ccc2c(c1)OCCO2)c1cncc(N2CCc3ccccc32)c1. The van der Waals surface area contributed by atoms with E-state index >= 15 is 0 Å². The molecule has 2 aromatic carbocycles. The van der Waals surface area contributed by atoms with Gasteiger partial charge in [-0.1, -0.05) is 18.2 Å². The van der Waals surface area contributed by atoms with E-state index in [0.717, 1.165) is 18.7 Å². The first-order chi connectivity index (χ1) is 13.8. The van der Waals surface area contributed by atoms with Gasteiger partial charge >= 0.3 is 0 Å².